The van der Waals surface area contributed by atoms with E-state index >= 15 is 0 Å². The first-order valence-corrected chi connectivity index (χ1v) is 8.37. The minimum atomic E-state index is -0.235. The van der Waals surface area contributed by atoms with Crippen LogP contribution in [0.3, 0.4) is 0 Å². The summed E-state index contributed by atoms with van der Waals surface area (Å²) in [6.07, 6.45) is 4.69. The summed E-state index contributed by atoms with van der Waals surface area (Å²) in [4.78, 5) is 35.8. The highest BCUT2D eigenvalue weighted by atomic mass is 35.5. The molecule has 1 N–H and O–H groups in total. The van der Waals surface area contributed by atoms with Crippen LogP contribution in [0.5, 0.6) is 0 Å². The van der Waals surface area contributed by atoms with E-state index in [0.717, 1.165) is 0 Å². The second-order valence-electron chi connectivity index (χ2n) is 5.57. The molecule has 1 aliphatic rings. The van der Waals surface area contributed by atoms with Crippen LogP contribution >= 0.6 is 11.6 Å². The molecule has 0 saturated carbocycles. The Bertz CT molecular complexity index is 784. The largest absolute Gasteiger partial charge is 0.348 e. The summed E-state index contributed by atoms with van der Waals surface area (Å²) in [6, 6.07) is 4.97. The van der Waals surface area contributed by atoms with Crippen LogP contribution in [0.1, 0.15) is 22.8 Å². The fourth-order valence-electron chi connectivity index (χ4n) is 2.59. The molecular formula is C17H18ClN5O2. The van der Waals surface area contributed by atoms with E-state index < -0.39 is 0 Å². The lowest BCUT2D eigenvalue weighted by atomic mass is 10.2. The molecule has 0 atom stereocenters. The van der Waals surface area contributed by atoms with E-state index in [1.54, 1.807) is 40.4 Å². The number of amides is 3. The number of carbonyl (C=O) groups is 2. The lowest BCUT2D eigenvalue weighted by Gasteiger charge is -2.17. The minimum Gasteiger partial charge on any atom is -0.348 e. The highest BCUT2D eigenvalue weighted by Crippen LogP contribution is 2.24. The zero-order valence-corrected chi connectivity index (χ0v) is 14.5. The van der Waals surface area contributed by atoms with Crippen molar-refractivity contribution in [1.29, 1.82) is 0 Å². The summed E-state index contributed by atoms with van der Waals surface area (Å²) in [5, 5.41) is 3.24. The Morgan fingerprint density at radius 1 is 1.36 bits per heavy atom. The van der Waals surface area contributed by atoms with Crippen LogP contribution in [0.2, 0.25) is 5.02 Å². The molecule has 0 spiro atoms. The number of likely N-dealkylation sites (N-methyl/N-ethyl adjacent to an activating group) is 1. The molecule has 1 aliphatic heterocycles. The molecule has 0 aliphatic carbocycles. The molecule has 0 unspecified atom stereocenters. The van der Waals surface area contributed by atoms with E-state index in [4.69, 9.17) is 11.6 Å². The van der Waals surface area contributed by atoms with Gasteiger partial charge in [0.1, 0.15) is 5.82 Å². The lowest BCUT2D eigenvalue weighted by Crippen LogP contribution is -2.32. The fourth-order valence-corrected chi connectivity index (χ4v) is 2.80. The molecule has 0 radical (unpaired) electrons. The Morgan fingerprint density at radius 2 is 2.20 bits per heavy atom. The molecule has 3 rings (SSSR count). The number of aromatic nitrogens is 2. The lowest BCUT2D eigenvalue weighted by molar-refractivity contribution is 0.0950. The Hall–Kier alpha value is -2.67. The third-order valence-corrected chi connectivity index (χ3v) is 4.38. The third kappa shape index (κ3) is 3.71. The van der Waals surface area contributed by atoms with Crippen molar-refractivity contribution in [2.45, 2.75) is 13.5 Å². The number of rotatable bonds is 5. The van der Waals surface area contributed by atoms with Crippen molar-refractivity contribution < 1.29 is 9.59 Å². The van der Waals surface area contributed by atoms with E-state index in [2.05, 4.69) is 15.3 Å². The number of halogens is 1. The van der Waals surface area contributed by atoms with Crippen molar-refractivity contribution in [2.75, 3.05) is 24.5 Å². The van der Waals surface area contributed by atoms with Crippen LogP contribution in [0.4, 0.5) is 10.6 Å². The van der Waals surface area contributed by atoms with Gasteiger partial charge in [-0.25, -0.2) is 9.78 Å². The van der Waals surface area contributed by atoms with Gasteiger partial charge in [0.2, 0.25) is 0 Å². The van der Waals surface area contributed by atoms with Crippen molar-refractivity contribution in [1.82, 2.24) is 20.2 Å². The van der Waals surface area contributed by atoms with Crippen molar-refractivity contribution in [3.8, 4) is 0 Å². The first kappa shape index (κ1) is 17.2. The van der Waals surface area contributed by atoms with E-state index in [-0.39, 0.29) is 18.5 Å². The summed E-state index contributed by atoms with van der Waals surface area (Å²) in [5.41, 5.74) is 1.16. The minimum absolute atomic E-state index is 0.0660. The number of pyridine rings is 2. The molecule has 130 valence electrons. The predicted octanol–water partition coefficient (Wildman–Crippen LogP) is 2.32. The summed E-state index contributed by atoms with van der Waals surface area (Å²) < 4.78 is 0. The number of urea groups is 1. The molecule has 7 nitrogen and oxygen atoms in total. The highest BCUT2D eigenvalue weighted by Gasteiger charge is 2.29. The first-order valence-electron chi connectivity index (χ1n) is 7.99. The standard InChI is InChI=1S/C17H18ClN5O2/c1-2-22-6-7-23(17(22)25)15-8-14(18)13(10-20-15)11-21-16(24)12-4-3-5-19-9-12/h3-5,8-10H,2,6-7,11H2,1H3,(H,21,24). The van der Waals surface area contributed by atoms with Crippen molar-refractivity contribution in [3.05, 3.63) is 52.9 Å². The molecule has 2 aromatic heterocycles. The van der Waals surface area contributed by atoms with Crippen LogP contribution in [0, 0.1) is 0 Å². The van der Waals surface area contributed by atoms with Gasteiger partial charge in [-0.1, -0.05) is 11.6 Å². The van der Waals surface area contributed by atoms with Gasteiger partial charge in [0.25, 0.3) is 5.91 Å². The maximum Gasteiger partial charge on any atom is 0.325 e. The normalized spacial score (nSPS) is 14.1. The SMILES string of the molecule is CCN1CCN(c2cc(Cl)c(CNC(=O)c3cccnc3)cn2)C1=O. The Morgan fingerprint density at radius 3 is 2.84 bits per heavy atom. The predicted molar refractivity (Wildman–Crippen MR) is 94.6 cm³/mol. The number of hydrogen-bond donors (Lipinski definition) is 1. The van der Waals surface area contributed by atoms with E-state index in [1.807, 2.05) is 6.92 Å². The van der Waals surface area contributed by atoms with Gasteiger partial charge in [0, 0.05) is 56.4 Å². The number of anilines is 1. The molecule has 3 amide bonds. The molecule has 25 heavy (non-hydrogen) atoms. The quantitative estimate of drug-likeness (QED) is 0.888. The summed E-state index contributed by atoms with van der Waals surface area (Å²) in [7, 11) is 0. The molecule has 1 saturated heterocycles. The molecule has 8 heteroatoms. The number of carbonyl (C=O) groups excluding carboxylic acids is 2. The van der Waals surface area contributed by atoms with Crippen LogP contribution in [-0.2, 0) is 6.54 Å². The average Bonchev–Trinajstić information content (AvgIpc) is 3.01. The number of hydrogen-bond acceptors (Lipinski definition) is 4. The third-order valence-electron chi connectivity index (χ3n) is 4.03. The van der Waals surface area contributed by atoms with Crippen LogP contribution in [-0.4, -0.2) is 46.4 Å². The van der Waals surface area contributed by atoms with Crippen molar-refractivity contribution in [2.24, 2.45) is 0 Å². The van der Waals surface area contributed by atoms with Gasteiger partial charge >= 0.3 is 6.03 Å². The van der Waals surface area contributed by atoms with E-state index in [9.17, 15) is 9.59 Å². The van der Waals surface area contributed by atoms with Crippen LogP contribution < -0.4 is 10.2 Å². The first-order chi connectivity index (χ1) is 12.1. The zero-order chi connectivity index (χ0) is 17.8. The Labute approximate surface area is 150 Å². The Kier molecular flexibility index (Phi) is 5.14. The summed E-state index contributed by atoms with van der Waals surface area (Å²) in [6.45, 7) is 4.12. The molecule has 0 aromatic carbocycles. The van der Waals surface area contributed by atoms with Gasteiger partial charge in [-0.05, 0) is 19.1 Å². The molecular weight excluding hydrogens is 342 g/mol. The smallest absolute Gasteiger partial charge is 0.325 e. The monoisotopic (exact) mass is 359 g/mol. The zero-order valence-electron chi connectivity index (χ0n) is 13.8. The number of nitrogens with one attached hydrogen (secondary N) is 1. The van der Waals surface area contributed by atoms with Gasteiger partial charge in [-0.2, -0.15) is 0 Å². The fraction of sp³-hybridized carbons (Fsp3) is 0.294. The van der Waals surface area contributed by atoms with Gasteiger partial charge in [0.05, 0.1) is 10.6 Å². The van der Waals surface area contributed by atoms with Crippen LogP contribution in [0.25, 0.3) is 0 Å². The molecule has 0 bridgehead atoms. The maximum absolute atomic E-state index is 12.2. The van der Waals surface area contributed by atoms with Crippen molar-refractivity contribution >= 4 is 29.4 Å². The van der Waals surface area contributed by atoms with Crippen molar-refractivity contribution in [3.63, 3.8) is 0 Å². The van der Waals surface area contributed by atoms with Crippen LogP contribution in [0.15, 0.2) is 36.8 Å². The highest BCUT2D eigenvalue weighted by molar-refractivity contribution is 6.31. The number of nitrogens with zero attached hydrogens (tertiary/aromatic N) is 4. The van der Waals surface area contributed by atoms with Gasteiger partial charge in [-0.3, -0.25) is 14.7 Å². The second kappa shape index (κ2) is 7.48. The maximum atomic E-state index is 12.2. The molecule has 2 aromatic rings. The van der Waals surface area contributed by atoms with E-state index in [0.29, 0.717) is 41.6 Å². The summed E-state index contributed by atoms with van der Waals surface area (Å²) >= 11 is 6.30. The van der Waals surface area contributed by atoms with Gasteiger partial charge in [-0.15, -0.1) is 0 Å². The van der Waals surface area contributed by atoms with Gasteiger partial charge < -0.3 is 10.2 Å². The molecule has 3 heterocycles. The van der Waals surface area contributed by atoms with E-state index in [1.165, 1.54) is 6.20 Å². The topological polar surface area (TPSA) is 78.4 Å². The Balaban J connectivity index is 1.66. The summed E-state index contributed by atoms with van der Waals surface area (Å²) in [5.74, 6) is 0.287. The molecule has 1 fully saturated rings. The average molecular weight is 360 g/mol. The second-order valence-corrected chi connectivity index (χ2v) is 5.98. The van der Waals surface area contributed by atoms with Gasteiger partial charge in [0.15, 0.2) is 0 Å².